The van der Waals surface area contributed by atoms with Gasteiger partial charge in [0, 0.05) is 36.8 Å². The quantitative estimate of drug-likeness (QED) is 0.542. The lowest BCUT2D eigenvalue weighted by atomic mass is 9.94. The van der Waals surface area contributed by atoms with Crippen LogP contribution in [-0.2, 0) is 11.3 Å². The number of aliphatic hydroxyl groups is 1. The van der Waals surface area contributed by atoms with E-state index in [2.05, 4.69) is 20.3 Å². The number of β-amino-alcohol motifs (C(OH)–C–C–N with tert-alkyl or cyclic N) is 1. The first-order chi connectivity index (χ1) is 16.5. The number of rotatable bonds is 6. The van der Waals surface area contributed by atoms with Crippen molar-refractivity contribution in [2.24, 2.45) is 0 Å². The summed E-state index contributed by atoms with van der Waals surface area (Å²) in [6.45, 7) is 4.30. The average Bonchev–Trinajstić information content (AvgIpc) is 3.51. The Morgan fingerprint density at radius 3 is 2.68 bits per heavy atom. The molecule has 176 valence electrons. The molecule has 3 heterocycles. The third-order valence-corrected chi connectivity index (χ3v) is 6.73. The van der Waals surface area contributed by atoms with Crippen LogP contribution in [0.15, 0.2) is 49.1 Å². The van der Waals surface area contributed by atoms with Crippen LogP contribution < -0.4 is 5.32 Å². The molecule has 2 N–H and O–H groups in total. The van der Waals surface area contributed by atoms with Crippen LogP contribution in [0, 0.1) is 6.92 Å². The van der Waals surface area contributed by atoms with E-state index < -0.39 is 6.10 Å². The number of hydrogen-bond donors (Lipinski definition) is 2. The van der Waals surface area contributed by atoms with Gasteiger partial charge in [-0.1, -0.05) is 6.07 Å². The molecule has 3 aromatic rings. The van der Waals surface area contributed by atoms with Crippen LogP contribution in [0.4, 0.5) is 0 Å². The normalized spacial score (nSPS) is 17.3. The van der Waals surface area contributed by atoms with Crippen molar-refractivity contribution in [1.29, 1.82) is 0 Å². The van der Waals surface area contributed by atoms with Gasteiger partial charge in [0.2, 0.25) is 0 Å². The summed E-state index contributed by atoms with van der Waals surface area (Å²) < 4.78 is 6.76. The van der Waals surface area contributed by atoms with Gasteiger partial charge in [-0.2, -0.15) is 5.10 Å². The molecule has 1 atom stereocenters. The minimum atomic E-state index is -0.643. The van der Waals surface area contributed by atoms with Crippen molar-refractivity contribution >= 4 is 11.9 Å². The zero-order chi connectivity index (χ0) is 23.7. The van der Waals surface area contributed by atoms with Crippen molar-refractivity contribution in [2.75, 3.05) is 19.6 Å². The van der Waals surface area contributed by atoms with Gasteiger partial charge in [0.1, 0.15) is 19.3 Å². The van der Waals surface area contributed by atoms with E-state index >= 15 is 0 Å². The van der Waals surface area contributed by atoms with Gasteiger partial charge in [0.05, 0.1) is 17.4 Å². The first-order valence-corrected chi connectivity index (χ1v) is 11.5. The van der Waals surface area contributed by atoms with Crippen molar-refractivity contribution < 1.29 is 19.4 Å². The topological polar surface area (TPSA) is 110 Å². The summed E-state index contributed by atoms with van der Waals surface area (Å²) in [6.07, 6.45) is 4.08. The Kier molecular flexibility index (Phi) is 6.12. The number of fused-ring (bicyclic) bond motifs is 1. The number of benzene rings is 2. The number of hydrogen-bond acceptors (Lipinski definition) is 7. The highest BCUT2D eigenvalue weighted by Gasteiger charge is 2.27. The van der Waals surface area contributed by atoms with Gasteiger partial charge in [-0.15, -0.1) is 0 Å². The van der Waals surface area contributed by atoms with Crippen LogP contribution in [0.3, 0.4) is 0 Å². The molecule has 0 spiro atoms. The number of nitrogens with zero attached hydrogens (tertiary/aromatic N) is 4. The first kappa shape index (κ1) is 22.2. The molecule has 2 aromatic carbocycles. The number of piperidine rings is 1. The standard InChI is InChI=1S/C25H27N5O4/c1-16-20(6-7-21-22(16)13-34-25(21)33)23(31)12-29-10-8-18(9-11-29)28-24(32)17-2-4-19(5-3-17)30-15-26-14-27-30/h2-7,14-15,18,23,31H,8-13H2,1H3,(H,28,32)/t23-/m0/s1. The van der Waals surface area contributed by atoms with Gasteiger partial charge in [0.25, 0.3) is 5.91 Å². The zero-order valence-electron chi connectivity index (χ0n) is 19.0. The van der Waals surface area contributed by atoms with Crippen molar-refractivity contribution in [3.05, 3.63) is 76.9 Å². The summed E-state index contributed by atoms with van der Waals surface area (Å²) in [5.41, 5.74) is 4.68. The maximum absolute atomic E-state index is 12.7. The highest BCUT2D eigenvalue weighted by atomic mass is 16.5. The SMILES string of the molecule is Cc1c([C@@H](O)CN2CCC(NC(=O)c3ccc(-n4cncn4)cc3)CC2)ccc2c1COC2=O. The number of cyclic esters (lactones) is 1. The molecule has 1 saturated heterocycles. The van der Waals surface area contributed by atoms with Gasteiger partial charge in [0.15, 0.2) is 0 Å². The molecule has 1 amide bonds. The van der Waals surface area contributed by atoms with Gasteiger partial charge in [-0.3, -0.25) is 4.79 Å². The monoisotopic (exact) mass is 461 g/mol. The lowest BCUT2D eigenvalue weighted by Gasteiger charge is -2.33. The molecule has 0 radical (unpaired) electrons. The summed E-state index contributed by atoms with van der Waals surface area (Å²) in [6, 6.07) is 10.9. The minimum Gasteiger partial charge on any atom is -0.457 e. The summed E-state index contributed by atoms with van der Waals surface area (Å²) in [7, 11) is 0. The van der Waals surface area contributed by atoms with Crippen LogP contribution in [0.5, 0.6) is 0 Å². The zero-order valence-corrected chi connectivity index (χ0v) is 19.0. The molecule has 9 nitrogen and oxygen atoms in total. The molecule has 9 heteroatoms. The maximum Gasteiger partial charge on any atom is 0.338 e. The number of carbonyl (C=O) groups is 2. The number of esters is 1. The van der Waals surface area contributed by atoms with Crippen LogP contribution in [0.2, 0.25) is 0 Å². The Hall–Kier alpha value is -3.56. The fourth-order valence-electron chi connectivity index (χ4n) is 4.71. The number of ether oxygens (including phenoxy) is 1. The molecule has 34 heavy (non-hydrogen) atoms. The van der Waals surface area contributed by atoms with Gasteiger partial charge in [-0.25, -0.2) is 14.5 Å². The molecule has 0 unspecified atom stereocenters. The molecule has 5 rings (SSSR count). The van der Waals surface area contributed by atoms with E-state index in [1.54, 1.807) is 29.2 Å². The second-order valence-electron chi connectivity index (χ2n) is 8.83. The largest absolute Gasteiger partial charge is 0.457 e. The first-order valence-electron chi connectivity index (χ1n) is 11.5. The molecular weight excluding hydrogens is 434 g/mol. The van der Waals surface area contributed by atoms with E-state index in [0.717, 1.165) is 48.3 Å². The Morgan fingerprint density at radius 1 is 1.21 bits per heavy atom. The third-order valence-electron chi connectivity index (χ3n) is 6.73. The highest BCUT2D eigenvalue weighted by Crippen LogP contribution is 2.29. The number of aromatic nitrogens is 3. The molecular formula is C25H27N5O4. The molecule has 2 aliphatic heterocycles. The molecule has 0 aliphatic carbocycles. The molecule has 0 bridgehead atoms. The van der Waals surface area contributed by atoms with Crippen LogP contribution >= 0.6 is 0 Å². The summed E-state index contributed by atoms with van der Waals surface area (Å²) in [5, 5.41) is 18.1. The Bertz CT molecular complexity index is 1180. The summed E-state index contributed by atoms with van der Waals surface area (Å²) in [5.74, 6) is -0.386. The van der Waals surface area contributed by atoms with Gasteiger partial charge in [-0.05, 0) is 61.2 Å². The Morgan fingerprint density at radius 2 is 1.97 bits per heavy atom. The predicted octanol–water partition coefficient (Wildman–Crippen LogP) is 2.17. The molecule has 1 aromatic heterocycles. The summed E-state index contributed by atoms with van der Waals surface area (Å²) in [4.78, 5) is 30.6. The van der Waals surface area contributed by atoms with E-state index in [4.69, 9.17) is 4.74 Å². The smallest absolute Gasteiger partial charge is 0.338 e. The van der Waals surface area contributed by atoms with Crippen LogP contribution in [0.25, 0.3) is 5.69 Å². The number of aliphatic hydroxyl groups excluding tert-OH is 1. The third kappa shape index (κ3) is 4.44. The van der Waals surface area contributed by atoms with Gasteiger partial charge >= 0.3 is 5.97 Å². The Balaban J connectivity index is 1.13. The van der Waals surface area contributed by atoms with Crippen molar-refractivity contribution in [2.45, 2.75) is 38.5 Å². The minimum absolute atomic E-state index is 0.0887. The fraction of sp³-hybridized carbons (Fsp3) is 0.360. The second-order valence-corrected chi connectivity index (χ2v) is 8.83. The summed E-state index contributed by atoms with van der Waals surface area (Å²) >= 11 is 0. The number of likely N-dealkylation sites (tertiary alicyclic amines) is 1. The van der Waals surface area contributed by atoms with Crippen molar-refractivity contribution in [3.63, 3.8) is 0 Å². The number of nitrogens with one attached hydrogen (secondary N) is 1. The van der Waals surface area contributed by atoms with Crippen molar-refractivity contribution in [1.82, 2.24) is 25.0 Å². The molecule has 1 fully saturated rings. The van der Waals surface area contributed by atoms with E-state index in [0.29, 0.717) is 17.7 Å². The lowest BCUT2D eigenvalue weighted by molar-refractivity contribution is 0.0534. The fourth-order valence-corrected chi connectivity index (χ4v) is 4.71. The molecule has 0 saturated carbocycles. The highest BCUT2D eigenvalue weighted by molar-refractivity contribution is 5.94. The average molecular weight is 462 g/mol. The number of amides is 1. The Labute approximate surface area is 197 Å². The second kappa shape index (κ2) is 9.36. The van der Waals surface area contributed by atoms with E-state index in [1.807, 2.05) is 25.1 Å². The van der Waals surface area contributed by atoms with Crippen LogP contribution in [-0.4, -0.2) is 62.3 Å². The lowest BCUT2D eigenvalue weighted by Crippen LogP contribution is -2.45. The van der Waals surface area contributed by atoms with Gasteiger partial charge < -0.3 is 20.1 Å². The maximum atomic E-state index is 12.7. The van der Waals surface area contributed by atoms with E-state index in [9.17, 15) is 14.7 Å². The number of carbonyl (C=O) groups excluding carboxylic acids is 2. The molecule has 2 aliphatic rings. The van der Waals surface area contributed by atoms with Crippen LogP contribution in [0.1, 0.15) is 56.4 Å². The van der Waals surface area contributed by atoms with Crippen molar-refractivity contribution in [3.8, 4) is 5.69 Å². The predicted molar refractivity (Wildman–Crippen MR) is 124 cm³/mol. The van der Waals surface area contributed by atoms with E-state index in [1.165, 1.54) is 6.33 Å². The van der Waals surface area contributed by atoms with E-state index in [-0.39, 0.29) is 24.5 Å².